The van der Waals surface area contributed by atoms with Crippen LogP contribution in [0.25, 0.3) is 0 Å². The number of benzene rings is 1. The molecular formula is C15H20ClN5O. The average molecular weight is 322 g/mol. The first-order valence-corrected chi connectivity index (χ1v) is 8.10. The molecule has 7 heteroatoms. The van der Waals surface area contributed by atoms with Crippen LogP contribution in [0.1, 0.15) is 0 Å². The highest BCUT2D eigenvalue weighted by Crippen LogP contribution is 2.42. The quantitative estimate of drug-likeness (QED) is 0.849. The molecule has 1 aromatic rings. The maximum absolute atomic E-state index is 6.20. The van der Waals surface area contributed by atoms with Crippen molar-refractivity contribution >= 4 is 34.6 Å². The number of aliphatic imine (C=N–C) groups is 1. The zero-order valence-electron chi connectivity index (χ0n) is 12.5. The van der Waals surface area contributed by atoms with E-state index in [9.17, 15) is 0 Å². The second-order valence-corrected chi connectivity index (χ2v) is 6.21. The zero-order valence-corrected chi connectivity index (χ0v) is 13.2. The first-order valence-electron chi connectivity index (χ1n) is 7.73. The number of rotatable bonds is 3. The Bertz CT molecular complexity index is 614. The third-order valence-electron chi connectivity index (χ3n) is 4.48. The van der Waals surface area contributed by atoms with Crippen molar-refractivity contribution in [3.8, 4) is 0 Å². The van der Waals surface area contributed by atoms with Gasteiger partial charge in [0.1, 0.15) is 0 Å². The van der Waals surface area contributed by atoms with E-state index in [0.29, 0.717) is 10.7 Å². The molecule has 1 fully saturated rings. The molecule has 3 heterocycles. The number of hydrogen-bond acceptors (Lipinski definition) is 6. The van der Waals surface area contributed by atoms with Crippen LogP contribution in [0, 0.1) is 0 Å². The lowest BCUT2D eigenvalue weighted by atomic mass is 10.2. The third kappa shape index (κ3) is 2.31. The Hall–Kier alpha value is -1.50. The van der Waals surface area contributed by atoms with Gasteiger partial charge in [-0.05, 0) is 12.1 Å². The number of anilines is 3. The lowest BCUT2D eigenvalue weighted by molar-refractivity contribution is 0.0395. The molecule has 118 valence electrons. The predicted octanol–water partition coefficient (Wildman–Crippen LogP) is 1.25. The largest absolute Gasteiger partial charge is 0.397 e. The van der Waals surface area contributed by atoms with Crippen molar-refractivity contribution in [2.75, 3.05) is 68.0 Å². The normalized spacial score (nSPS) is 21.0. The van der Waals surface area contributed by atoms with Gasteiger partial charge in [-0.2, -0.15) is 0 Å². The number of nitrogens with zero attached hydrogens (tertiary/aromatic N) is 4. The predicted molar refractivity (Wildman–Crippen MR) is 90.1 cm³/mol. The summed E-state index contributed by atoms with van der Waals surface area (Å²) in [4.78, 5) is 11.6. The Kier molecular flexibility index (Phi) is 3.60. The molecule has 1 aromatic carbocycles. The molecule has 2 N–H and O–H groups in total. The van der Waals surface area contributed by atoms with E-state index in [1.54, 1.807) is 0 Å². The summed E-state index contributed by atoms with van der Waals surface area (Å²) in [6, 6.07) is 3.93. The number of nitrogens with two attached hydrogens (primary N) is 1. The minimum absolute atomic E-state index is 0.611. The molecule has 0 amide bonds. The molecule has 22 heavy (non-hydrogen) atoms. The standard InChI is InChI=1S/C15H20ClN5O/c16-11-9-13-14(10-12(11)17)21(15-18-1-2-20(13)15)4-3-19-5-7-22-8-6-19/h9-10H,1-8,17H2. The third-order valence-corrected chi connectivity index (χ3v) is 4.81. The molecule has 0 aromatic heterocycles. The maximum atomic E-state index is 6.20. The minimum atomic E-state index is 0.611. The van der Waals surface area contributed by atoms with Gasteiger partial charge < -0.3 is 20.3 Å². The molecule has 0 saturated carbocycles. The molecular weight excluding hydrogens is 302 g/mol. The summed E-state index contributed by atoms with van der Waals surface area (Å²) in [6.45, 7) is 7.31. The van der Waals surface area contributed by atoms with Crippen LogP contribution in [0.2, 0.25) is 5.02 Å². The van der Waals surface area contributed by atoms with Crippen LogP contribution < -0.4 is 15.5 Å². The van der Waals surface area contributed by atoms with E-state index >= 15 is 0 Å². The van der Waals surface area contributed by atoms with Gasteiger partial charge in [0.05, 0.1) is 41.8 Å². The number of ether oxygens (including phenoxy) is 1. The molecule has 3 aliphatic rings. The SMILES string of the molecule is Nc1cc2c(cc1Cl)N1CCN=C1N2CCN1CCOCC1. The zero-order chi connectivity index (χ0) is 15.1. The fourth-order valence-corrected chi connectivity index (χ4v) is 3.45. The van der Waals surface area contributed by atoms with Gasteiger partial charge in [-0.15, -0.1) is 0 Å². The molecule has 0 spiro atoms. The van der Waals surface area contributed by atoms with Crippen molar-refractivity contribution in [2.24, 2.45) is 4.99 Å². The van der Waals surface area contributed by atoms with E-state index in [1.165, 1.54) is 0 Å². The van der Waals surface area contributed by atoms with Crippen molar-refractivity contribution in [3.63, 3.8) is 0 Å². The number of fused-ring (bicyclic) bond motifs is 3. The van der Waals surface area contributed by atoms with Gasteiger partial charge in [0.25, 0.3) is 0 Å². The summed E-state index contributed by atoms with van der Waals surface area (Å²) in [7, 11) is 0. The van der Waals surface area contributed by atoms with E-state index in [-0.39, 0.29) is 0 Å². The fraction of sp³-hybridized carbons (Fsp3) is 0.533. The Morgan fingerprint density at radius 3 is 2.77 bits per heavy atom. The van der Waals surface area contributed by atoms with Gasteiger partial charge in [0.2, 0.25) is 5.96 Å². The summed E-state index contributed by atoms with van der Waals surface area (Å²) in [5.41, 5.74) is 8.87. The van der Waals surface area contributed by atoms with Crippen molar-refractivity contribution < 1.29 is 4.74 Å². The van der Waals surface area contributed by atoms with E-state index in [4.69, 9.17) is 22.1 Å². The summed E-state index contributed by atoms with van der Waals surface area (Å²) in [5.74, 6) is 1.03. The second kappa shape index (κ2) is 5.61. The van der Waals surface area contributed by atoms with Gasteiger partial charge in [-0.1, -0.05) is 11.6 Å². The molecule has 0 aliphatic carbocycles. The molecule has 4 rings (SSSR count). The lowest BCUT2D eigenvalue weighted by Crippen LogP contribution is -2.44. The van der Waals surface area contributed by atoms with E-state index < -0.39 is 0 Å². The number of hydrogen-bond donors (Lipinski definition) is 1. The molecule has 6 nitrogen and oxygen atoms in total. The highest BCUT2D eigenvalue weighted by Gasteiger charge is 2.35. The average Bonchev–Trinajstić information content (AvgIpc) is 3.09. The van der Waals surface area contributed by atoms with Crippen LogP contribution in [0.3, 0.4) is 0 Å². The van der Waals surface area contributed by atoms with Crippen molar-refractivity contribution in [1.82, 2.24) is 4.90 Å². The highest BCUT2D eigenvalue weighted by molar-refractivity contribution is 6.34. The van der Waals surface area contributed by atoms with E-state index in [2.05, 4.69) is 19.7 Å². The number of guanidine groups is 1. The summed E-state index contributed by atoms with van der Waals surface area (Å²) < 4.78 is 5.41. The van der Waals surface area contributed by atoms with E-state index in [1.807, 2.05) is 12.1 Å². The summed E-state index contributed by atoms with van der Waals surface area (Å²) in [6.07, 6.45) is 0. The van der Waals surface area contributed by atoms with Crippen LogP contribution in [0.4, 0.5) is 17.1 Å². The van der Waals surface area contributed by atoms with Crippen LogP contribution >= 0.6 is 11.6 Å². The topological polar surface area (TPSA) is 57.3 Å². The fourth-order valence-electron chi connectivity index (χ4n) is 3.29. The summed E-state index contributed by atoms with van der Waals surface area (Å²) >= 11 is 6.20. The molecule has 1 saturated heterocycles. The Morgan fingerprint density at radius 1 is 1.14 bits per heavy atom. The summed E-state index contributed by atoms with van der Waals surface area (Å²) in [5, 5.41) is 0.611. The smallest absolute Gasteiger partial charge is 0.206 e. The van der Waals surface area contributed by atoms with Crippen LogP contribution in [0.15, 0.2) is 17.1 Å². The molecule has 0 radical (unpaired) electrons. The van der Waals surface area contributed by atoms with Crippen LogP contribution in [-0.4, -0.2) is 63.3 Å². The van der Waals surface area contributed by atoms with Gasteiger partial charge in [-0.25, -0.2) is 0 Å². The maximum Gasteiger partial charge on any atom is 0.206 e. The van der Waals surface area contributed by atoms with Crippen molar-refractivity contribution in [1.29, 1.82) is 0 Å². The van der Waals surface area contributed by atoms with Gasteiger partial charge in [0.15, 0.2) is 0 Å². The van der Waals surface area contributed by atoms with Gasteiger partial charge in [-0.3, -0.25) is 9.89 Å². The van der Waals surface area contributed by atoms with Crippen molar-refractivity contribution in [2.45, 2.75) is 0 Å². The number of nitrogen functional groups attached to an aromatic ring is 1. The molecule has 0 atom stereocenters. The number of morpholine rings is 1. The van der Waals surface area contributed by atoms with Gasteiger partial charge >= 0.3 is 0 Å². The lowest BCUT2D eigenvalue weighted by Gasteiger charge is -2.29. The molecule has 3 aliphatic heterocycles. The Morgan fingerprint density at radius 2 is 1.95 bits per heavy atom. The van der Waals surface area contributed by atoms with E-state index in [0.717, 1.165) is 69.8 Å². The monoisotopic (exact) mass is 321 g/mol. The van der Waals surface area contributed by atoms with Crippen molar-refractivity contribution in [3.05, 3.63) is 17.2 Å². The van der Waals surface area contributed by atoms with Crippen LogP contribution in [0.5, 0.6) is 0 Å². The Balaban J connectivity index is 1.57. The highest BCUT2D eigenvalue weighted by atomic mass is 35.5. The minimum Gasteiger partial charge on any atom is -0.397 e. The van der Waals surface area contributed by atoms with Crippen LogP contribution in [-0.2, 0) is 4.74 Å². The van der Waals surface area contributed by atoms with Gasteiger partial charge in [0, 0.05) is 32.7 Å². The second-order valence-electron chi connectivity index (χ2n) is 5.80. The number of halogens is 1. The first kappa shape index (κ1) is 14.1. The Labute approximate surface area is 135 Å². The molecule has 0 unspecified atom stereocenters. The first-order chi connectivity index (χ1) is 10.7. The molecule has 0 bridgehead atoms.